The molecule has 5 heteroatoms. The normalized spacial score (nSPS) is 21.3. The fourth-order valence-electron chi connectivity index (χ4n) is 2.94. The van der Waals surface area contributed by atoms with Crippen molar-refractivity contribution < 1.29 is 4.79 Å². The van der Waals surface area contributed by atoms with Gasteiger partial charge in [0.05, 0.1) is 12.6 Å². The van der Waals surface area contributed by atoms with E-state index in [-0.39, 0.29) is 18.0 Å². The first-order valence-electron chi connectivity index (χ1n) is 8.17. The average Bonchev–Trinajstić information content (AvgIpc) is 3.41. The van der Waals surface area contributed by atoms with E-state index in [2.05, 4.69) is 29.6 Å². The Bertz CT molecular complexity index is 453. The van der Waals surface area contributed by atoms with Crippen molar-refractivity contribution in [2.75, 3.05) is 6.54 Å². The lowest BCUT2D eigenvalue weighted by Crippen LogP contribution is -2.45. The van der Waals surface area contributed by atoms with Crippen molar-refractivity contribution in [3.63, 3.8) is 0 Å². The Hall–Kier alpha value is -1.36. The molecule has 0 radical (unpaired) electrons. The molecule has 1 aromatic rings. The minimum Gasteiger partial charge on any atom is -0.352 e. The number of hydrogen-bond donors (Lipinski definition) is 2. The van der Waals surface area contributed by atoms with Gasteiger partial charge in [-0.15, -0.1) is 0 Å². The van der Waals surface area contributed by atoms with E-state index in [1.165, 1.54) is 25.7 Å². The van der Waals surface area contributed by atoms with Gasteiger partial charge in [0.1, 0.15) is 0 Å². The number of nitrogens with one attached hydrogen (secondary N) is 2. The Kier molecular flexibility index (Phi) is 4.29. The Balaban J connectivity index is 1.42. The zero-order valence-corrected chi connectivity index (χ0v) is 13.0. The fourth-order valence-corrected chi connectivity index (χ4v) is 2.94. The zero-order valence-electron chi connectivity index (χ0n) is 13.0. The molecule has 21 heavy (non-hydrogen) atoms. The number of amides is 1. The largest absolute Gasteiger partial charge is 0.352 e. The van der Waals surface area contributed by atoms with Gasteiger partial charge in [0, 0.05) is 24.5 Å². The predicted octanol–water partition coefficient (Wildman–Crippen LogP) is 1.73. The second-order valence-corrected chi connectivity index (χ2v) is 6.66. The molecule has 0 saturated heterocycles. The highest BCUT2D eigenvalue weighted by Gasteiger charge is 2.42. The molecule has 0 aromatic carbocycles. The standard InChI is InChI=1S/C16H26N4O/c1-11(12(2)20-9-3-8-18-20)17-10-15(21)19-16(13-4-5-13)14-6-7-14/h3,8-9,11-14,16-17H,4-7,10H2,1-2H3,(H,19,21)/t11-,12-/m0/s1. The first kappa shape index (κ1) is 14.6. The van der Waals surface area contributed by atoms with Gasteiger partial charge < -0.3 is 10.6 Å². The van der Waals surface area contributed by atoms with E-state index < -0.39 is 0 Å². The summed E-state index contributed by atoms with van der Waals surface area (Å²) in [5.41, 5.74) is 0. The Morgan fingerprint density at radius 1 is 1.29 bits per heavy atom. The highest BCUT2D eigenvalue weighted by atomic mass is 16.2. The van der Waals surface area contributed by atoms with Crippen LogP contribution in [0.4, 0.5) is 0 Å². The number of rotatable bonds is 8. The zero-order chi connectivity index (χ0) is 14.8. The molecule has 2 N–H and O–H groups in total. The molecule has 0 unspecified atom stereocenters. The first-order chi connectivity index (χ1) is 10.1. The molecular formula is C16H26N4O. The third-order valence-corrected chi connectivity index (χ3v) is 4.84. The molecule has 0 spiro atoms. The summed E-state index contributed by atoms with van der Waals surface area (Å²) in [4.78, 5) is 12.1. The number of aromatic nitrogens is 2. The maximum atomic E-state index is 12.1. The number of nitrogens with zero attached hydrogens (tertiary/aromatic N) is 2. The van der Waals surface area contributed by atoms with Crippen LogP contribution in [0.5, 0.6) is 0 Å². The van der Waals surface area contributed by atoms with Crippen LogP contribution in [0, 0.1) is 11.8 Å². The molecule has 2 aliphatic rings. The minimum atomic E-state index is 0.137. The summed E-state index contributed by atoms with van der Waals surface area (Å²) in [5.74, 6) is 1.64. The Morgan fingerprint density at radius 2 is 1.95 bits per heavy atom. The third kappa shape index (κ3) is 3.84. The molecule has 0 aliphatic heterocycles. The molecule has 2 fully saturated rings. The molecule has 2 atom stereocenters. The summed E-state index contributed by atoms with van der Waals surface area (Å²) in [6.07, 6.45) is 8.91. The van der Waals surface area contributed by atoms with Crippen LogP contribution in [-0.4, -0.2) is 34.3 Å². The van der Waals surface area contributed by atoms with Crippen molar-refractivity contribution in [2.24, 2.45) is 11.8 Å². The fraction of sp³-hybridized carbons (Fsp3) is 0.750. The number of carbonyl (C=O) groups is 1. The van der Waals surface area contributed by atoms with Crippen molar-refractivity contribution >= 4 is 5.91 Å². The minimum absolute atomic E-state index is 0.137. The van der Waals surface area contributed by atoms with E-state index >= 15 is 0 Å². The lowest BCUT2D eigenvalue weighted by atomic mass is 10.1. The molecule has 2 aliphatic carbocycles. The van der Waals surface area contributed by atoms with Crippen LogP contribution in [0.1, 0.15) is 45.6 Å². The maximum Gasteiger partial charge on any atom is 0.234 e. The molecule has 1 aromatic heterocycles. The van der Waals surface area contributed by atoms with Gasteiger partial charge in [-0.1, -0.05) is 0 Å². The topological polar surface area (TPSA) is 59.0 Å². The van der Waals surface area contributed by atoms with Gasteiger partial charge in [0.25, 0.3) is 0 Å². The van der Waals surface area contributed by atoms with Crippen LogP contribution < -0.4 is 10.6 Å². The highest BCUT2D eigenvalue weighted by molar-refractivity contribution is 5.78. The third-order valence-electron chi connectivity index (χ3n) is 4.84. The van der Waals surface area contributed by atoms with E-state index in [0.29, 0.717) is 12.6 Å². The van der Waals surface area contributed by atoms with Crippen molar-refractivity contribution in [1.82, 2.24) is 20.4 Å². The van der Waals surface area contributed by atoms with Crippen LogP contribution in [0.2, 0.25) is 0 Å². The lowest BCUT2D eigenvalue weighted by molar-refractivity contribution is -0.121. The first-order valence-corrected chi connectivity index (χ1v) is 8.17. The smallest absolute Gasteiger partial charge is 0.234 e. The van der Waals surface area contributed by atoms with Gasteiger partial charge in [0.2, 0.25) is 5.91 Å². The van der Waals surface area contributed by atoms with Gasteiger partial charge in [0.15, 0.2) is 0 Å². The van der Waals surface area contributed by atoms with E-state index in [4.69, 9.17) is 0 Å². The average molecular weight is 290 g/mol. The summed E-state index contributed by atoms with van der Waals surface area (Å²) in [7, 11) is 0. The Labute approximate surface area is 126 Å². The van der Waals surface area contributed by atoms with Gasteiger partial charge in [-0.25, -0.2) is 0 Å². The monoisotopic (exact) mass is 290 g/mol. The molecular weight excluding hydrogens is 264 g/mol. The van der Waals surface area contributed by atoms with E-state index in [9.17, 15) is 4.79 Å². The number of hydrogen-bond acceptors (Lipinski definition) is 3. The van der Waals surface area contributed by atoms with Crippen molar-refractivity contribution in [2.45, 2.75) is 57.7 Å². The van der Waals surface area contributed by atoms with Gasteiger partial charge >= 0.3 is 0 Å². The molecule has 2 saturated carbocycles. The van der Waals surface area contributed by atoms with E-state index in [1.807, 2.05) is 16.9 Å². The van der Waals surface area contributed by atoms with Crippen LogP contribution in [0.3, 0.4) is 0 Å². The Morgan fingerprint density at radius 3 is 2.48 bits per heavy atom. The van der Waals surface area contributed by atoms with E-state index in [0.717, 1.165) is 11.8 Å². The van der Waals surface area contributed by atoms with Gasteiger partial charge in [-0.2, -0.15) is 5.10 Å². The summed E-state index contributed by atoms with van der Waals surface area (Å²) in [5, 5.41) is 10.8. The molecule has 5 nitrogen and oxygen atoms in total. The van der Waals surface area contributed by atoms with Crippen LogP contribution in [0.15, 0.2) is 18.5 Å². The van der Waals surface area contributed by atoms with Crippen molar-refractivity contribution in [3.05, 3.63) is 18.5 Å². The molecule has 1 heterocycles. The highest BCUT2D eigenvalue weighted by Crippen LogP contribution is 2.44. The summed E-state index contributed by atoms with van der Waals surface area (Å²) in [6, 6.07) is 2.80. The van der Waals surface area contributed by atoms with E-state index in [1.54, 1.807) is 6.20 Å². The summed E-state index contributed by atoms with van der Waals surface area (Å²) in [6.45, 7) is 4.60. The van der Waals surface area contributed by atoms with Crippen LogP contribution >= 0.6 is 0 Å². The van der Waals surface area contributed by atoms with Gasteiger partial charge in [-0.05, 0) is 57.4 Å². The van der Waals surface area contributed by atoms with Crippen LogP contribution in [0.25, 0.3) is 0 Å². The second kappa shape index (κ2) is 6.18. The summed E-state index contributed by atoms with van der Waals surface area (Å²) < 4.78 is 1.92. The number of carbonyl (C=O) groups excluding carboxylic acids is 1. The molecule has 116 valence electrons. The maximum absolute atomic E-state index is 12.1. The second-order valence-electron chi connectivity index (χ2n) is 6.66. The predicted molar refractivity (Wildman–Crippen MR) is 81.8 cm³/mol. The quantitative estimate of drug-likeness (QED) is 0.766. The van der Waals surface area contributed by atoms with Crippen molar-refractivity contribution in [3.8, 4) is 0 Å². The van der Waals surface area contributed by atoms with Crippen LogP contribution in [-0.2, 0) is 4.79 Å². The lowest BCUT2D eigenvalue weighted by Gasteiger charge is -2.23. The van der Waals surface area contributed by atoms with Gasteiger partial charge in [-0.3, -0.25) is 9.48 Å². The van der Waals surface area contributed by atoms with Crippen molar-refractivity contribution in [1.29, 1.82) is 0 Å². The summed E-state index contributed by atoms with van der Waals surface area (Å²) >= 11 is 0. The molecule has 0 bridgehead atoms. The molecule has 1 amide bonds. The molecule has 3 rings (SSSR count). The SMILES string of the molecule is C[C@H](NCC(=O)NC(C1CC1)C1CC1)[C@H](C)n1cccn1.